The van der Waals surface area contributed by atoms with E-state index in [1.807, 2.05) is 24.3 Å². The van der Waals surface area contributed by atoms with Gasteiger partial charge in [-0.3, -0.25) is 4.79 Å². The van der Waals surface area contributed by atoms with Crippen molar-refractivity contribution in [2.75, 3.05) is 6.61 Å². The number of carbonyl (C=O) groups excluding carboxylic acids is 1. The number of rotatable bonds is 4. The van der Waals surface area contributed by atoms with Crippen molar-refractivity contribution in [1.29, 1.82) is 0 Å². The third kappa shape index (κ3) is 2.07. The van der Waals surface area contributed by atoms with Crippen molar-refractivity contribution in [2.45, 2.75) is 18.9 Å². The molecule has 92 valence electrons. The zero-order chi connectivity index (χ0) is 12.4. The van der Waals surface area contributed by atoms with Gasteiger partial charge in [0.05, 0.1) is 6.61 Å². The van der Waals surface area contributed by atoms with Gasteiger partial charge in [-0.1, -0.05) is 24.3 Å². The topological polar surface area (TPSA) is 55.0 Å². The van der Waals surface area contributed by atoms with Crippen molar-refractivity contribution >= 4 is 5.78 Å². The number of ketones is 1. The fourth-order valence-electron chi connectivity index (χ4n) is 2.27. The van der Waals surface area contributed by atoms with Gasteiger partial charge in [-0.25, -0.2) is 4.98 Å². The van der Waals surface area contributed by atoms with E-state index < -0.39 is 0 Å². The van der Waals surface area contributed by atoms with E-state index in [0.717, 1.165) is 17.0 Å². The van der Waals surface area contributed by atoms with E-state index in [1.165, 1.54) is 0 Å². The lowest BCUT2D eigenvalue weighted by Gasteiger charge is -2.08. The van der Waals surface area contributed by atoms with Gasteiger partial charge in [0, 0.05) is 30.8 Å². The van der Waals surface area contributed by atoms with Crippen molar-refractivity contribution in [3.63, 3.8) is 0 Å². The van der Waals surface area contributed by atoms with Gasteiger partial charge >= 0.3 is 0 Å². The van der Waals surface area contributed by atoms with Crippen molar-refractivity contribution in [2.24, 2.45) is 0 Å². The summed E-state index contributed by atoms with van der Waals surface area (Å²) in [5, 5.41) is 0. The highest BCUT2D eigenvalue weighted by atomic mass is 16.5. The largest absolute Gasteiger partial charge is 0.369 e. The Morgan fingerprint density at radius 2 is 2.28 bits per heavy atom. The molecule has 0 radical (unpaired) electrons. The summed E-state index contributed by atoms with van der Waals surface area (Å²) in [5.41, 5.74) is 1.89. The molecule has 1 unspecified atom stereocenters. The number of hydrogen-bond donors (Lipinski definition) is 1. The van der Waals surface area contributed by atoms with Gasteiger partial charge < -0.3 is 9.72 Å². The number of ether oxygens (including phenoxy) is 1. The summed E-state index contributed by atoms with van der Waals surface area (Å²) in [5.74, 6) is 0.989. The van der Waals surface area contributed by atoms with E-state index in [0.29, 0.717) is 19.4 Å². The molecule has 0 bridgehead atoms. The molecule has 1 atom stereocenters. The summed E-state index contributed by atoms with van der Waals surface area (Å²) in [6, 6.07) is 7.70. The Kier molecular flexibility index (Phi) is 2.94. The quantitative estimate of drug-likeness (QED) is 0.889. The Bertz CT molecular complexity index is 549. The fraction of sp³-hybridized carbons (Fsp3) is 0.286. The second-order valence-electron chi connectivity index (χ2n) is 4.37. The number of carbonyl (C=O) groups is 1. The molecule has 3 rings (SSSR count). The molecule has 0 spiro atoms. The van der Waals surface area contributed by atoms with E-state index in [4.69, 9.17) is 4.74 Å². The Labute approximate surface area is 105 Å². The van der Waals surface area contributed by atoms with Gasteiger partial charge in [0.1, 0.15) is 11.9 Å². The van der Waals surface area contributed by atoms with E-state index in [-0.39, 0.29) is 11.9 Å². The smallest absolute Gasteiger partial charge is 0.192 e. The highest BCUT2D eigenvalue weighted by molar-refractivity contribution is 6.03. The van der Waals surface area contributed by atoms with E-state index in [2.05, 4.69) is 9.97 Å². The first kappa shape index (κ1) is 11.2. The minimum atomic E-state index is -0.322. The van der Waals surface area contributed by atoms with E-state index in [9.17, 15) is 4.79 Å². The molecule has 0 aliphatic heterocycles. The second-order valence-corrected chi connectivity index (χ2v) is 4.37. The van der Waals surface area contributed by atoms with Crippen LogP contribution in [-0.2, 0) is 17.6 Å². The van der Waals surface area contributed by atoms with Crippen molar-refractivity contribution < 1.29 is 9.53 Å². The third-order valence-electron chi connectivity index (χ3n) is 3.19. The summed E-state index contributed by atoms with van der Waals surface area (Å²) in [6.45, 7) is 0.512. The van der Waals surface area contributed by atoms with Crippen LogP contribution >= 0.6 is 0 Å². The molecule has 4 heteroatoms. The molecule has 1 aliphatic carbocycles. The first-order valence-corrected chi connectivity index (χ1v) is 6.06. The van der Waals surface area contributed by atoms with Gasteiger partial charge in [-0.05, 0) is 5.56 Å². The van der Waals surface area contributed by atoms with Gasteiger partial charge in [0.15, 0.2) is 5.78 Å². The molecule has 4 nitrogen and oxygen atoms in total. The third-order valence-corrected chi connectivity index (χ3v) is 3.19. The van der Waals surface area contributed by atoms with Crippen LogP contribution < -0.4 is 0 Å². The molecule has 0 saturated heterocycles. The monoisotopic (exact) mass is 242 g/mol. The maximum atomic E-state index is 12.0. The van der Waals surface area contributed by atoms with Crippen molar-refractivity contribution in [1.82, 2.24) is 9.97 Å². The number of fused-ring (bicyclic) bond motifs is 1. The SMILES string of the molecule is O=C1c2ccccc2CC1OCCc1ncc[nH]1. The fourth-order valence-corrected chi connectivity index (χ4v) is 2.27. The van der Waals surface area contributed by atoms with Gasteiger partial charge in [0.2, 0.25) is 0 Å². The van der Waals surface area contributed by atoms with Crippen LogP contribution in [0.1, 0.15) is 21.7 Å². The molecule has 1 N–H and O–H groups in total. The average Bonchev–Trinajstić information content (AvgIpc) is 3.00. The summed E-state index contributed by atoms with van der Waals surface area (Å²) in [6.07, 6.45) is 4.57. The summed E-state index contributed by atoms with van der Waals surface area (Å²) in [7, 11) is 0. The molecule has 1 aliphatic rings. The number of benzene rings is 1. The number of aromatic amines is 1. The average molecular weight is 242 g/mol. The molecular formula is C14H14N2O2. The number of nitrogens with one attached hydrogen (secondary N) is 1. The molecule has 0 amide bonds. The van der Waals surface area contributed by atoms with Crippen LogP contribution in [0, 0.1) is 0 Å². The lowest BCUT2D eigenvalue weighted by Crippen LogP contribution is -2.21. The lowest BCUT2D eigenvalue weighted by molar-refractivity contribution is 0.0461. The summed E-state index contributed by atoms with van der Waals surface area (Å²) in [4.78, 5) is 19.2. The maximum Gasteiger partial charge on any atom is 0.192 e. The number of hydrogen-bond acceptors (Lipinski definition) is 3. The van der Waals surface area contributed by atoms with Crippen molar-refractivity contribution in [3.05, 3.63) is 53.6 Å². The van der Waals surface area contributed by atoms with Gasteiger partial charge in [0.25, 0.3) is 0 Å². The highest BCUT2D eigenvalue weighted by Gasteiger charge is 2.30. The molecule has 0 fully saturated rings. The number of Topliss-reactive ketones (excluding diaryl/α,β-unsaturated/α-hetero) is 1. The number of aromatic nitrogens is 2. The van der Waals surface area contributed by atoms with Crippen LogP contribution in [0.15, 0.2) is 36.7 Å². The van der Waals surface area contributed by atoms with E-state index >= 15 is 0 Å². The van der Waals surface area contributed by atoms with Crippen LogP contribution in [0.5, 0.6) is 0 Å². The van der Waals surface area contributed by atoms with Crippen LogP contribution in [0.2, 0.25) is 0 Å². The molecule has 1 aromatic carbocycles. The lowest BCUT2D eigenvalue weighted by atomic mass is 10.1. The minimum Gasteiger partial charge on any atom is -0.369 e. The zero-order valence-electron chi connectivity index (χ0n) is 9.93. The zero-order valence-corrected chi connectivity index (χ0v) is 9.93. The van der Waals surface area contributed by atoms with Crippen LogP contribution in [0.25, 0.3) is 0 Å². The first-order chi connectivity index (χ1) is 8.84. The summed E-state index contributed by atoms with van der Waals surface area (Å²) < 4.78 is 5.66. The molecule has 0 saturated carbocycles. The highest BCUT2D eigenvalue weighted by Crippen LogP contribution is 2.23. The predicted molar refractivity (Wildman–Crippen MR) is 66.5 cm³/mol. The van der Waals surface area contributed by atoms with Crippen LogP contribution in [0.3, 0.4) is 0 Å². The minimum absolute atomic E-state index is 0.102. The molecule has 2 aromatic rings. The standard InChI is InChI=1S/C14H14N2O2/c17-14-11-4-2-1-3-10(11)9-12(14)18-8-5-13-15-6-7-16-13/h1-4,6-7,12H,5,8-9H2,(H,15,16). The number of H-pyrrole nitrogens is 1. The van der Waals surface area contributed by atoms with E-state index in [1.54, 1.807) is 12.4 Å². The maximum absolute atomic E-state index is 12.0. The van der Waals surface area contributed by atoms with Crippen molar-refractivity contribution in [3.8, 4) is 0 Å². The summed E-state index contributed by atoms with van der Waals surface area (Å²) >= 11 is 0. The molecular weight excluding hydrogens is 228 g/mol. The van der Waals surface area contributed by atoms with Gasteiger partial charge in [-0.2, -0.15) is 0 Å². The normalized spacial score (nSPS) is 18.0. The Morgan fingerprint density at radius 3 is 3.06 bits per heavy atom. The van der Waals surface area contributed by atoms with Crippen LogP contribution in [-0.4, -0.2) is 28.5 Å². The predicted octanol–water partition coefficient (Wildman–Crippen LogP) is 1.78. The molecule has 18 heavy (non-hydrogen) atoms. The number of imidazole rings is 1. The number of nitrogens with zero attached hydrogens (tertiary/aromatic N) is 1. The van der Waals surface area contributed by atoms with Crippen LogP contribution in [0.4, 0.5) is 0 Å². The second kappa shape index (κ2) is 4.74. The Balaban J connectivity index is 1.58. The van der Waals surface area contributed by atoms with Gasteiger partial charge in [-0.15, -0.1) is 0 Å². The molecule has 1 aromatic heterocycles. The Hall–Kier alpha value is -1.94. The molecule has 1 heterocycles. The Morgan fingerprint density at radius 1 is 1.39 bits per heavy atom. The first-order valence-electron chi connectivity index (χ1n) is 6.06.